The lowest BCUT2D eigenvalue weighted by Gasteiger charge is -2.11. The maximum atomic E-state index is 12.9. The van der Waals surface area contributed by atoms with Crippen LogP contribution in [-0.2, 0) is 24.3 Å². The Hall–Kier alpha value is -3.79. The van der Waals surface area contributed by atoms with Crippen molar-refractivity contribution in [3.63, 3.8) is 0 Å². The van der Waals surface area contributed by atoms with Crippen LogP contribution in [0.2, 0.25) is 0 Å². The second-order valence-electron chi connectivity index (χ2n) is 7.72. The molecule has 0 aliphatic carbocycles. The molecule has 0 fully saturated rings. The molecule has 0 spiro atoms. The minimum absolute atomic E-state index is 0.285. The van der Waals surface area contributed by atoms with Gasteiger partial charge in [0.15, 0.2) is 0 Å². The normalized spacial score (nSPS) is 15.2. The van der Waals surface area contributed by atoms with Gasteiger partial charge in [-0.25, -0.2) is 9.94 Å². The molecule has 0 bridgehead atoms. The van der Waals surface area contributed by atoms with Gasteiger partial charge in [0.2, 0.25) is 0 Å². The number of nitrogens with one attached hydrogen (secondary N) is 1. The summed E-state index contributed by atoms with van der Waals surface area (Å²) in [6.07, 6.45) is 4.70. The zero-order valence-electron chi connectivity index (χ0n) is 19.4. The van der Waals surface area contributed by atoms with E-state index in [-0.39, 0.29) is 16.4 Å². The fourth-order valence-electron chi connectivity index (χ4n) is 3.53. The fourth-order valence-corrected chi connectivity index (χ4v) is 4.36. The van der Waals surface area contributed by atoms with Gasteiger partial charge in [-0.3, -0.25) is 19.2 Å². The largest absolute Gasteiger partial charge is 0.295 e. The van der Waals surface area contributed by atoms with E-state index in [9.17, 15) is 18.0 Å². The number of aryl methyl sites for hydroxylation is 1. The molecule has 0 atom stereocenters. The molecule has 1 aliphatic rings. The van der Waals surface area contributed by atoms with Crippen LogP contribution in [0.5, 0.6) is 0 Å². The Morgan fingerprint density at radius 1 is 1.03 bits per heavy atom. The average Bonchev–Trinajstić information content (AvgIpc) is 3.32. The SMILES string of the molecule is CC1=NN(c2ccc(SOOO)cc2)C(=O)C1=CC=Cc1c(C)[nH]n(-c2ccc(S(=O)(=O)O)cc2)c1=O. The number of anilines is 1. The number of hydrogen-bond donors (Lipinski definition) is 3. The molecule has 4 rings (SSSR count). The first-order valence-electron chi connectivity index (χ1n) is 10.5. The first-order chi connectivity index (χ1) is 17.6. The first-order valence-corrected chi connectivity index (χ1v) is 12.7. The monoisotopic (exact) mass is 544 g/mol. The van der Waals surface area contributed by atoms with Crippen molar-refractivity contribution in [1.29, 1.82) is 0 Å². The van der Waals surface area contributed by atoms with Gasteiger partial charge in [-0.05, 0) is 74.5 Å². The molecule has 3 aromatic rings. The summed E-state index contributed by atoms with van der Waals surface area (Å²) in [4.78, 5) is 26.2. The molecular formula is C23H20N4O8S2. The van der Waals surface area contributed by atoms with E-state index in [1.165, 1.54) is 34.0 Å². The van der Waals surface area contributed by atoms with Crippen molar-refractivity contribution in [2.75, 3.05) is 5.01 Å². The van der Waals surface area contributed by atoms with Gasteiger partial charge in [-0.15, -0.1) is 4.33 Å². The van der Waals surface area contributed by atoms with Crippen LogP contribution in [0.15, 0.2) is 85.9 Å². The van der Waals surface area contributed by atoms with Crippen molar-refractivity contribution in [2.24, 2.45) is 5.10 Å². The lowest BCUT2D eigenvalue weighted by Crippen LogP contribution is -2.21. The molecule has 2 aromatic carbocycles. The third-order valence-electron chi connectivity index (χ3n) is 5.34. The van der Waals surface area contributed by atoms with Crippen molar-refractivity contribution in [2.45, 2.75) is 23.6 Å². The number of aromatic amines is 1. The summed E-state index contributed by atoms with van der Waals surface area (Å²) in [5, 5.41) is 20.3. The van der Waals surface area contributed by atoms with Gasteiger partial charge in [-0.1, -0.05) is 11.1 Å². The number of nitrogens with zero attached hydrogens (tertiary/aromatic N) is 3. The highest BCUT2D eigenvalue weighted by Crippen LogP contribution is 2.27. The number of carbonyl (C=O) groups excluding carboxylic acids is 1. The van der Waals surface area contributed by atoms with Crippen LogP contribution in [0.4, 0.5) is 5.69 Å². The molecule has 1 aliphatic heterocycles. The summed E-state index contributed by atoms with van der Waals surface area (Å²) < 4.78 is 37.2. The van der Waals surface area contributed by atoms with Crippen LogP contribution in [0.1, 0.15) is 18.2 Å². The van der Waals surface area contributed by atoms with Crippen molar-refractivity contribution in [3.05, 3.63) is 87.9 Å². The molecule has 14 heteroatoms. The van der Waals surface area contributed by atoms with Gasteiger partial charge in [0, 0.05) is 10.6 Å². The van der Waals surface area contributed by atoms with E-state index in [1.807, 2.05) is 0 Å². The molecule has 3 N–H and O–H groups in total. The maximum absolute atomic E-state index is 12.9. The number of H-pyrrole nitrogens is 1. The molecule has 192 valence electrons. The molecule has 0 unspecified atom stereocenters. The van der Waals surface area contributed by atoms with Crippen LogP contribution >= 0.6 is 12.0 Å². The van der Waals surface area contributed by atoms with Gasteiger partial charge in [0.05, 0.1) is 45.2 Å². The number of hydrazone groups is 1. The topological polar surface area (TPSA) is 164 Å². The number of benzene rings is 2. The number of hydrogen-bond acceptors (Lipinski definition) is 9. The van der Waals surface area contributed by atoms with E-state index in [4.69, 9.17) is 9.81 Å². The lowest BCUT2D eigenvalue weighted by atomic mass is 10.1. The third kappa shape index (κ3) is 5.64. The van der Waals surface area contributed by atoms with E-state index in [0.29, 0.717) is 38.8 Å². The highest BCUT2D eigenvalue weighted by atomic mass is 32.2. The summed E-state index contributed by atoms with van der Waals surface area (Å²) in [6, 6.07) is 11.8. The molecule has 0 saturated carbocycles. The predicted octanol–water partition coefficient (Wildman–Crippen LogP) is 3.51. The summed E-state index contributed by atoms with van der Waals surface area (Å²) >= 11 is 0.791. The number of amides is 1. The summed E-state index contributed by atoms with van der Waals surface area (Å²) in [5.74, 6) is -0.348. The number of rotatable bonds is 8. The van der Waals surface area contributed by atoms with Crippen molar-refractivity contribution in [1.82, 2.24) is 9.78 Å². The molecule has 0 saturated heterocycles. The molecule has 37 heavy (non-hydrogen) atoms. The number of allylic oxidation sites excluding steroid dienone is 2. The molecule has 1 aromatic heterocycles. The lowest BCUT2D eigenvalue weighted by molar-refractivity contribution is -0.432. The average molecular weight is 545 g/mol. The Bertz CT molecular complexity index is 1580. The van der Waals surface area contributed by atoms with Gasteiger partial charge < -0.3 is 0 Å². The molecular weight excluding hydrogens is 524 g/mol. The van der Waals surface area contributed by atoms with Crippen LogP contribution in [-0.4, -0.2) is 39.6 Å². The fraction of sp³-hybridized carbons (Fsp3) is 0.0870. The minimum atomic E-state index is -4.35. The summed E-state index contributed by atoms with van der Waals surface area (Å²) in [7, 11) is -4.35. The Labute approximate surface area is 214 Å². The first kappa shape index (κ1) is 26.3. The van der Waals surface area contributed by atoms with Gasteiger partial charge >= 0.3 is 0 Å². The summed E-state index contributed by atoms with van der Waals surface area (Å²) in [6.45, 7) is 3.39. The van der Waals surface area contributed by atoms with Crippen molar-refractivity contribution >= 4 is 45.5 Å². The van der Waals surface area contributed by atoms with Gasteiger partial charge in [-0.2, -0.15) is 18.5 Å². The van der Waals surface area contributed by atoms with E-state index in [0.717, 1.165) is 12.0 Å². The zero-order valence-corrected chi connectivity index (χ0v) is 21.0. The van der Waals surface area contributed by atoms with Crippen molar-refractivity contribution < 1.29 is 32.4 Å². The minimum Gasteiger partial charge on any atom is -0.295 e. The number of carbonyl (C=O) groups is 1. The standard InChI is InChI=1S/C23H20N4O8S2/c1-14-20(22(28)26(24-14)16-6-10-18(11-7-16)36-35-34-30)4-3-5-21-15(2)25-27(23(21)29)17-8-12-19(13-9-17)37(31,32)33/h3-13,25,30H,1-2H3,(H,31,32,33). The molecule has 12 nitrogen and oxygen atoms in total. The second kappa shape index (κ2) is 10.7. The van der Waals surface area contributed by atoms with Gasteiger partial charge in [0.1, 0.15) is 0 Å². The predicted molar refractivity (Wildman–Crippen MR) is 136 cm³/mol. The highest BCUT2D eigenvalue weighted by molar-refractivity contribution is 7.94. The second-order valence-corrected chi connectivity index (χ2v) is 9.92. The maximum Gasteiger partial charge on any atom is 0.294 e. The van der Waals surface area contributed by atoms with E-state index >= 15 is 0 Å². The smallest absolute Gasteiger partial charge is 0.294 e. The van der Waals surface area contributed by atoms with E-state index in [2.05, 4.69) is 19.6 Å². The van der Waals surface area contributed by atoms with Crippen molar-refractivity contribution in [3.8, 4) is 5.69 Å². The third-order valence-corrected chi connectivity index (χ3v) is 6.80. The van der Waals surface area contributed by atoms with E-state index in [1.54, 1.807) is 56.3 Å². The summed E-state index contributed by atoms with van der Waals surface area (Å²) in [5.41, 5.74) is 2.25. The van der Waals surface area contributed by atoms with Crippen LogP contribution in [0.25, 0.3) is 11.8 Å². The molecule has 0 radical (unpaired) electrons. The Morgan fingerprint density at radius 2 is 1.68 bits per heavy atom. The Kier molecular flexibility index (Phi) is 7.58. The van der Waals surface area contributed by atoms with E-state index < -0.39 is 10.1 Å². The highest BCUT2D eigenvalue weighted by Gasteiger charge is 2.28. The number of aromatic nitrogens is 2. The van der Waals surface area contributed by atoms with Crippen LogP contribution in [0, 0.1) is 6.92 Å². The zero-order chi connectivity index (χ0) is 26.7. The Morgan fingerprint density at radius 3 is 2.30 bits per heavy atom. The van der Waals surface area contributed by atoms with Gasteiger partial charge in [0.25, 0.3) is 21.6 Å². The Balaban J connectivity index is 1.53. The van der Waals surface area contributed by atoms with Crippen LogP contribution in [0.3, 0.4) is 0 Å². The quantitative estimate of drug-likeness (QED) is 0.127. The van der Waals surface area contributed by atoms with Crippen LogP contribution < -0.4 is 10.6 Å². The molecule has 1 amide bonds. The molecule has 2 heterocycles.